The summed E-state index contributed by atoms with van der Waals surface area (Å²) in [7, 11) is 0. The van der Waals surface area contributed by atoms with Crippen LogP contribution in [0.15, 0.2) is 61.0 Å². The molecule has 3 N–H and O–H groups in total. The van der Waals surface area contributed by atoms with Crippen LogP contribution in [0.5, 0.6) is 0 Å². The second-order valence-electron chi connectivity index (χ2n) is 10.5. The number of hydrogen-bond acceptors (Lipinski definition) is 6. The Bertz CT molecular complexity index is 1510. The topological polar surface area (TPSA) is 90.4 Å². The van der Waals surface area contributed by atoms with Crippen LogP contribution in [0.2, 0.25) is 0 Å². The second kappa shape index (κ2) is 10.7. The zero-order chi connectivity index (χ0) is 26.1. The molecule has 3 heterocycles. The van der Waals surface area contributed by atoms with Crippen LogP contribution in [0, 0.1) is 0 Å². The number of fused-ring (bicyclic) bond motifs is 2. The molecule has 0 radical (unpaired) electrons. The van der Waals surface area contributed by atoms with Crippen molar-refractivity contribution in [2.45, 2.75) is 64.0 Å². The Morgan fingerprint density at radius 1 is 1.16 bits per heavy atom. The van der Waals surface area contributed by atoms with Gasteiger partial charge in [0.2, 0.25) is 0 Å². The number of allylic oxidation sites excluding steroid dienone is 4. The molecule has 1 saturated carbocycles. The van der Waals surface area contributed by atoms with Gasteiger partial charge in [0, 0.05) is 54.6 Å². The molecule has 1 fully saturated rings. The minimum atomic E-state index is 0.379. The van der Waals surface area contributed by atoms with Gasteiger partial charge in [0.1, 0.15) is 22.9 Å². The molecular weight excluding hydrogens is 472 g/mol. The highest BCUT2D eigenvalue weighted by molar-refractivity contribution is 5.91. The van der Waals surface area contributed by atoms with E-state index in [0.29, 0.717) is 23.8 Å². The van der Waals surface area contributed by atoms with Crippen molar-refractivity contribution in [3.05, 3.63) is 72.5 Å². The number of anilines is 1. The van der Waals surface area contributed by atoms with Gasteiger partial charge in [-0.2, -0.15) is 0 Å². The van der Waals surface area contributed by atoms with Gasteiger partial charge in [-0.1, -0.05) is 36.4 Å². The van der Waals surface area contributed by atoms with Gasteiger partial charge in [0.25, 0.3) is 0 Å². The van der Waals surface area contributed by atoms with Crippen molar-refractivity contribution in [3.63, 3.8) is 0 Å². The van der Waals surface area contributed by atoms with Gasteiger partial charge in [0.05, 0.1) is 11.2 Å². The number of nitrogens with zero attached hydrogens (tertiary/aromatic N) is 4. The molecule has 1 aromatic carbocycles. The van der Waals surface area contributed by atoms with Gasteiger partial charge in [-0.05, 0) is 63.7 Å². The lowest BCUT2D eigenvalue weighted by molar-refractivity contribution is 0.133. The third-order valence-electron chi connectivity index (χ3n) is 7.79. The van der Waals surface area contributed by atoms with Gasteiger partial charge >= 0.3 is 0 Å². The normalized spacial score (nSPS) is 20.0. The first-order chi connectivity index (χ1) is 18.6. The standard InChI is InChI=1S/C31H36N6O/c1-3-38-16-13-20(2)34-25-17-24(18-25)31-36-28(29-30(32)33-14-15-37(29)31)23-10-9-22-11-12-26(35-27(22)19-23)21-7-5-4-6-8-21/h5,7-12,14-15,19-20,24-25,34H,3-4,6,13,16-18H2,1-2H3,(H2,32,33). The first-order valence-corrected chi connectivity index (χ1v) is 13.8. The molecule has 38 heavy (non-hydrogen) atoms. The molecule has 0 bridgehead atoms. The fraction of sp³-hybridized carbons (Fsp3) is 0.387. The van der Waals surface area contributed by atoms with E-state index in [1.807, 2.05) is 13.1 Å². The monoisotopic (exact) mass is 508 g/mol. The third-order valence-corrected chi connectivity index (χ3v) is 7.79. The van der Waals surface area contributed by atoms with Crippen molar-refractivity contribution in [3.8, 4) is 11.3 Å². The largest absolute Gasteiger partial charge is 0.382 e. The average molecular weight is 509 g/mol. The third kappa shape index (κ3) is 4.84. The Morgan fingerprint density at radius 3 is 2.84 bits per heavy atom. The van der Waals surface area contributed by atoms with Crippen molar-refractivity contribution < 1.29 is 4.74 Å². The molecule has 6 rings (SSSR count). The number of imidazole rings is 1. The van der Waals surface area contributed by atoms with Crippen molar-refractivity contribution in [1.29, 1.82) is 0 Å². The maximum Gasteiger partial charge on any atom is 0.150 e. The number of pyridine rings is 1. The summed E-state index contributed by atoms with van der Waals surface area (Å²) in [5.74, 6) is 1.94. The van der Waals surface area contributed by atoms with Crippen LogP contribution < -0.4 is 11.1 Å². The molecule has 196 valence electrons. The fourth-order valence-corrected chi connectivity index (χ4v) is 5.66. The summed E-state index contributed by atoms with van der Waals surface area (Å²) in [5.41, 5.74) is 12.3. The number of hydrogen-bond donors (Lipinski definition) is 2. The van der Waals surface area contributed by atoms with Crippen LogP contribution >= 0.6 is 0 Å². The smallest absolute Gasteiger partial charge is 0.150 e. The van der Waals surface area contributed by atoms with E-state index < -0.39 is 0 Å². The van der Waals surface area contributed by atoms with Gasteiger partial charge in [-0.15, -0.1) is 0 Å². The van der Waals surface area contributed by atoms with Crippen molar-refractivity contribution in [2.75, 3.05) is 18.9 Å². The Hall–Kier alpha value is -3.55. The Labute approximate surface area is 223 Å². The number of nitrogens with two attached hydrogens (primary N) is 1. The van der Waals surface area contributed by atoms with Gasteiger partial charge in [-0.3, -0.25) is 4.40 Å². The van der Waals surface area contributed by atoms with Crippen molar-refractivity contribution in [1.82, 2.24) is 24.7 Å². The van der Waals surface area contributed by atoms with Crippen LogP contribution in [0.1, 0.15) is 63.4 Å². The van der Waals surface area contributed by atoms with E-state index in [1.165, 1.54) is 5.57 Å². The molecule has 0 aliphatic heterocycles. The van der Waals surface area contributed by atoms with Gasteiger partial charge in [0.15, 0.2) is 0 Å². The molecule has 2 aliphatic rings. The number of ether oxygens (including phenoxy) is 1. The summed E-state index contributed by atoms with van der Waals surface area (Å²) in [6, 6.07) is 11.6. The Balaban J connectivity index is 1.29. The minimum Gasteiger partial charge on any atom is -0.382 e. The van der Waals surface area contributed by atoms with Gasteiger partial charge in [-0.25, -0.2) is 15.0 Å². The van der Waals surface area contributed by atoms with E-state index >= 15 is 0 Å². The van der Waals surface area contributed by atoms with Crippen LogP contribution in [0.3, 0.4) is 0 Å². The predicted molar refractivity (Wildman–Crippen MR) is 154 cm³/mol. The number of nitrogen functional groups attached to an aromatic ring is 1. The van der Waals surface area contributed by atoms with Crippen LogP contribution in [0.4, 0.5) is 5.82 Å². The summed E-state index contributed by atoms with van der Waals surface area (Å²) < 4.78 is 7.66. The minimum absolute atomic E-state index is 0.379. The average Bonchev–Trinajstić information content (AvgIpc) is 3.31. The van der Waals surface area contributed by atoms with Gasteiger partial charge < -0.3 is 15.8 Å². The predicted octanol–water partition coefficient (Wildman–Crippen LogP) is 5.91. The van der Waals surface area contributed by atoms with E-state index in [1.54, 1.807) is 6.20 Å². The zero-order valence-corrected chi connectivity index (χ0v) is 22.2. The molecule has 0 saturated heterocycles. The van der Waals surface area contributed by atoms with E-state index in [4.69, 9.17) is 20.4 Å². The highest BCUT2D eigenvalue weighted by Crippen LogP contribution is 2.40. The SMILES string of the molecule is CCOCCC(C)NC1CC(c2nc(-c3ccc4ccc(C5=CCCC=C5)nc4c3)c3c(N)nccn23)C1. The second-order valence-corrected chi connectivity index (χ2v) is 10.5. The molecule has 2 aliphatic carbocycles. The molecule has 1 atom stereocenters. The van der Waals surface area contributed by atoms with Crippen LogP contribution in [0.25, 0.3) is 33.3 Å². The quantitative estimate of drug-likeness (QED) is 0.273. The van der Waals surface area contributed by atoms with Crippen molar-refractivity contribution in [2.24, 2.45) is 0 Å². The maximum atomic E-state index is 6.43. The number of benzene rings is 1. The molecular formula is C31H36N6O. The first kappa shape index (κ1) is 24.8. The van der Waals surface area contributed by atoms with E-state index in [9.17, 15) is 0 Å². The Kier molecular flexibility index (Phi) is 6.96. The summed E-state index contributed by atoms with van der Waals surface area (Å²) in [5, 5.41) is 4.86. The Morgan fingerprint density at radius 2 is 2.03 bits per heavy atom. The first-order valence-electron chi connectivity index (χ1n) is 13.8. The lowest BCUT2D eigenvalue weighted by atomic mass is 9.79. The molecule has 7 nitrogen and oxygen atoms in total. The fourth-order valence-electron chi connectivity index (χ4n) is 5.66. The lowest BCUT2D eigenvalue weighted by Gasteiger charge is -2.37. The van der Waals surface area contributed by atoms with E-state index in [-0.39, 0.29) is 0 Å². The summed E-state index contributed by atoms with van der Waals surface area (Å²) >= 11 is 0. The highest BCUT2D eigenvalue weighted by Gasteiger charge is 2.35. The molecule has 0 amide bonds. The zero-order valence-electron chi connectivity index (χ0n) is 22.2. The molecule has 3 aromatic heterocycles. The summed E-state index contributed by atoms with van der Waals surface area (Å²) in [6.45, 7) is 5.85. The molecule has 0 spiro atoms. The summed E-state index contributed by atoms with van der Waals surface area (Å²) in [6.07, 6.45) is 15.7. The van der Waals surface area contributed by atoms with Crippen LogP contribution in [-0.2, 0) is 4.74 Å². The highest BCUT2D eigenvalue weighted by atomic mass is 16.5. The molecule has 4 aromatic rings. The maximum absolute atomic E-state index is 6.43. The van der Waals surface area contributed by atoms with Crippen LogP contribution in [-0.4, -0.2) is 44.7 Å². The number of nitrogens with one attached hydrogen (secondary N) is 1. The molecule has 1 unspecified atom stereocenters. The number of aromatic nitrogens is 4. The summed E-state index contributed by atoms with van der Waals surface area (Å²) in [4.78, 5) is 14.6. The van der Waals surface area contributed by atoms with E-state index in [2.05, 4.69) is 70.2 Å². The number of rotatable bonds is 9. The molecule has 7 heteroatoms. The lowest BCUT2D eigenvalue weighted by Crippen LogP contribution is -2.45. The van der Waals surface area contributed by atoms with E-state index in [0.717, 1.165) is 84.5 Å². The van der Waals surface area contributed by atoms with Crippen molar-refractivity contribution >= 4 is 27.8 Å².